The lowest BCUT2D eigenvalue weighted by Gasteiger charge is -2.24. The van der Waals surface area contributed by atoms with Crippen LogP contribution in [0.1, 0.15) is 164 Å². The molecule has 0 rings (SSSR count). The Morgan fingerprint density at radius 1 is 0.438 bits per heavy atom. The minimum Gasteiger partial charge on any atom is -0.480 e. The van der Waals surface area contributed by atoms with Crippen LogP contribution in [-0.4, -0.2) is 136 Å². The number of hydrogen-bond donors (Lipinski definition) is 5. The second-order valence-corrected chi connectivity index (χ2v) is 17.8. The van der Waals surface area contributed by atoms with Crippen LogP contribution in [0.15, 0.2) is 0 Å². The maximum atomic E-state index is 12.9. The summed E-state index contributed by atoms with van der Waals surface area (Å²) in [4.78, 5) is 84.3. The smallest absolute Gasteiger partial charge is 0.329 e. The van der Waals surface area contributed by atoms with Gasteiger partial charge in [0.15, 0.2) is 0 Å². The molecule has 0 saturated carbocycles. The molecule has 0 aromatic carbocycles. The van der Waals surface area contributed by atoms with Crippen molar-refractivity contribution >= 4 is 41.5 Å². The van der Waals surface area contributed by atoms with Crippen molar-refractivity contribution in [2.75, 3.05) is 72.5 Å². The summed E-state index contributed by atoms with van der Waals surface area (Å²) in [6.45, 7) is 12.0. The number of amides is 4. The Hall–Kier alpha value is -3.87. The number of rotatable bonds is 41. The van der Waals surface area contributed by atoms with Gasteiger partial charge >= 0.3 is 17.9 Å². The molecule has 0 fully saturated rings. The number of carboxylic acid groups (broad SMARTS) is 1. The molecule has 0 aliphatic rings. The number of carbonyl (C=O) groups excluding carboxylic acids is 6. The molecule has 5 N–H and O–H groups in total. The van der Waals surface area contributed by atoms with Crippen molar-refractivity contribution in [1.29, 1.82) is 0 Å². The predicted molar refractivity (Wildman–Crippen MR) is 241 cm³/mol. The summed E-state index contributed by atoms with van der Waals surface area (Å²) in [7, 11) is 0. The molecule has 0 aliphatic carbocycles. The predicted octanol–water partition coefficient (Wildman–Crippen LogP) is 5.07. The number of aliphatic carboxylic acids is 1. The van der Waals surface area contributed by atoms with Crippen LogP contribution in [0.25, 0.3) is 0 Å². The van der Waals surface area contributed by atoms with E-state index < -0.39 is 41.7 Å². The van der Waals surface area contributed by atoms with E-state index in [4.69, 9.17) is 33.5 Å². The van der Waals surface area contributed by atoms with Gasteiger partial charge < -0.3 is 54.8 Å². The molecule has 18 heteroatoms. The van der Waals surface area contributed by atoms with Gasteiger partial charge in [0.25, 0.3) is 0 Å². The van der Waals surface area contributed by atoms with E-state index in [0.717, 1.165) is 38.5 Å². The number of hydrogen-bond acceptors (Lipinski definition) is 13. The zero-order valence-corrected chi connectivity index (χ0v) is 40.0. The lowest BCUT2D eigenvalue weighted by Crippen LogP contribution is -2.45. The van der Waals surface area contributed by atoms with Crippen molar-refractivity contribution in [3.05, 3.63) is 0 Å². The summed E-state index contributed by atoms with van der Waals surface area (Å²) in [6, 6.07) is -1.05. The first kappa shape index (κ1) is 60.1. The van der Waals surface area contributed by atoms with Gasteiger partial charge in [0.1, 0.15) is 30.5 Å². The fourth-order valence-corrected chi connectivity index (χ4v) is 6.07. The Morgan fingerprint density at radius 3 is 1.36 bits per heavy atom. The van der Waals surface area contributed by atoms with Crippen molar-refractivity contribution in [3.8, 4) is 0 Å². The number of carboxylic acids is 1. The Morgan fingerprint density at radius 2 is 0.859 bits per heavy atom. The average molecular weight is 917 g/mol. The number of carbonyl (C=O) groups is 7. The first-order chi connectivity index (χ1) is 30.4. The SMILES string of the molecule is CC(C)(C)OC(=O)CCCCCCCCCCCCCCCCC(=O)NCCC(=O)N[C@@H](CCC(=O)NCCOCCOCC(=O)NCCOCCOCC(=O)O)C(=O)OC(C)(C)C. The molecule has 0 radical (unpaired) electrons. The van der Waals surface area contributed by atoms with Crippen molar-refractivity contribution in [3.63, 3.8) is 0 Å². The lowest BCUT2D eigenvalue weighted by atomic mass is 10.0. The van der Waals surface area contributed by atoms with Gasteiger partial charge in [0.05, 0.1) is 39.6 Å². The van der Waals surface area contributed by atoms with Crippen LogP contribution in [-0.2, 0) is 62.0 Å². The summed E-state index contributed by atoms with van der Waals surface area (Å²) < 4.78 is 31.5. The molecule has 0 spiro atoms. The van der Waals surface area contributed by atoms with Crippen LogP contribution >= 0.6 is 0 Å². The van der Waals surface area contributed by atoms with Gasteiger partial charge in [-0.25, -0.2) is 9.59 Å². The third-order valence-electron chi connectivity index (χ3n) is 9.16. The zero-order valence-electron chi connectivity index (χ0n) is 40.0. The van der Waals surface area contributed by atoms with Gasteiger partial charge in [-0.15, -0.1) is 0 Å². The topological polar surface area (TPSA) is 243 Å². The second kappa shape index (κ2) is 38.4. The second-order valence-electron chi connectivity index (χ2n) is 17.8. The molecule has 0 unspecified atom stereocenters. The van der Waals surface area contributed by atoms with Crippen LogP contribution in [0, 0.1) is 0 Å². The number of unbranched alkanes of at least 4 members (excludes halogenated alkanes) is 13. The summed E-state index contributed by atoms with van der Waals surface area (Å²) in [5.41, 5.74) is -1.21. The maximum Gasteiger partial charge on any atom is 0.329 e. The van der Waals surface area contributed by atoms with E-state index in [-0.39, 0.29) is 109 Å². The highest BCUT2D eigenvalue weighted by Crippen LogP contribution is 2.15. The quantitative estimate of drug-likeness (QED) is 0.0398. The highest BCUT2D eigenvalue weighted by atomic mass is 16.6. The fraction of sp³-hybridized carbons (Fsp3) is 0.848. The Kier molecular flexibility index (Phi) is 36.1. The van der Waals surface area contributed by atoms with Crippen molar-refractivity contribution in [2.24, 2.45) is 0 Å². The van der Waals surface area contributed by atoms with E-state index in [9.17, 15) is 33.6 Å². The maximum absolute atomic E-state index is 12.9. The van der Waals surface area contributed by atoms with Crippen molar-refractivity contribution < 1.29 is 67.1 Å². The van der Waals surface area contributed by atoms with Gasteiger partial charge in [0.2, 0.25) is 23.6 Å². The molecule has 0 saturated heterocycles. The van der Waals surface area contributed by atoms with Gasteiger partial charge in [-0.05, 0) is 60.8 Å². The van der Waals surface area contributed by atoms with Crippen LogP contribution in [0.2, 0.25) is 0 Å². The van der Waals surface area contributed by atoms with E-state index in [1.165, 1.54) is 51.4 Å². The number of ether oxygens (including phenoxy) is 6. The van der Waals surface area contributed by atoms with E-state index >= 15 is 0 Å². The van der Waals surface area contributed by atoms with Crippen molar-refractivity contribution in [1.82, 2.24) is 21.3 Å². The van der Waals surface area contributed by atoms with Gasteiger partial charge in [0, 0.05) is 45.3 Å². The highest BCUT2D eigenvalue weighted by Gasteiger charge is 2.27. The van der Waals surface area contributed by atoms with Crippen LogP contribution < -0.4 is 21.3 Å². The molecule has 64 heavy (non-hydrogen) atoms. The number of esters is 2. The molecule has 0 aromatic rings. The summed E-state index contributed by atoms with van der Waals surface area (Å²) in [5.74, 6) is -3.04. The lowest BCUT2D eigenvalue weighted by molar-refractivity contribution is -0.159. The minimum atomic E-state index is -1.06. The van der Waals surface area contributed by atoms with E-state index in [1.54, 1.807) is 20.8 Å². The Bertz CT molecular complexity index is 1300. The van der Waals surface area contributed by atoms with Gasteiger partial charge in [-0.3, -0.25) is 24.0 Å². The Balaban J connectivity index is 4.02. The van der Waals surface area contributed by atoms with Crippen molar-refractivity contribution in [2.45, 2.75) is 181 Å². The van der Waals surface area contributed by atoms with E-state index in [0.29, 0.717) is 12.8 Å². The van der Waals surface area contributed by atoms with Gasteiger partial charge in [-0.2, -0.15) is 0 Å². The zero-order chi connectivity index (χ0) is 47.9. The molecule has 18 nitrogen and oxygen atoms in total. The third-order valence-corrected chi connectivity index (χ3v) is 9.16. The van der Waals surface area contributed by atoms with Crippen LogP contribution in [0.3, 0.4) is 0 Å². The molecule has 4 amide bonds. The molecule has 0 bridgehead atoms. The molecular formula is C46H84N4O14. The summed E-state index contributed by atoms with van der Waals surface area (Å²) >= 11 is 0. The summed E-state index contributed by atoms with van der Waals surface area (Å²) in [5, 5.41) is 19.2. The monoisotopic (exact) mass is 917 g/mol. The van der Waals surface area contributed by atoms with Crippen LogP contribution in [0.4, 0.5) is 0 Å². The fourth-order valence-electron chi connectivity index (χ4n) is 6.07. The molecular weight excluding hydrogens is 833 g/mol. The first-order valence-electron chi connectivity index (χ1n) is 23.4. The average Bonchev–Trinajstić information content (AvgIpc) is 3.19. The standard InChI is InChI=1S/C46H84N4O14/c1-45(2,3)63-43(57)22-20-18-16-14-12-10-8-7-9-11-13-15-17-19-21-38(51)47-26-25-40(53)50-37(44(58)64-46(4,5)6)23-24-39(52)48-27-29-59-31-33-61-35-41(54)49-28-30-60-32-34-62-36-42(55)56/h37H,7-36H2,1-6H3,(H,47,51)(H,48,52)(H,49,54)(H,50,53)(H,55,56)/t37-/m0/s1. The van der Waals surface area contributed by atoms with Crippen LogP contribution in [0.5, 0.6) is 0 Å². The third kappa shape index (κ3) is 43.4. The normalized spacial score (nSPS) is 12.0. The molecule has 372 valence electrons. The Labute approximate surface area is 382 Å². The van der Waals surface area contributed by atoms with E-state index in [2.05, 4.69) is 21.3 Å². The molecule has 0 heterocycles. The molecule has 0 aliphatic heterocycles. The number of nitrogens with one attached hydrogen (secondary N) is 4. The van der Waals surface area contributed by atoms with Gasteiger partial charge in [-0.1, -0.05) is 77.0 Å². The van der Waals surface area contributed by atoms with E-state index in [1.807, 2.05) is 20.8 Å². The largest absolute Gasteiger partial charge is 0.480 e. The summed E-state index contributed by atoms with van der Waals surface area (Å²) in [6.07, 6.45) is 16.7. The highest BCUT2D eigenvalue weighted by molar-refractivity contribution is 5.86. The molecule has 0 aromatic heterocycles. The minimum absolute atomic E-state index is 0.0178. The molecule has 1 atom stereocenters. The first-order valence-corrected chi connectivity index (χ1v) is 23.4.